The van der Waals surface area contributed by atoms with Crippen LogP contribution in [0.15, 0.2) is 72.8 Å². The quantitative estimate of drug-likeness (QED) is 0.483. The molecule has 7 nitrogen and oxygen atoms in total. The molecule has 0 saturated heterocycles. The van der Waals surface area contributed by atoms with Crippen molar-refractivity contribution in [1.29, 1.82) is 0 Å². The van der Waals surface area contributed by atoms with Gasteiger partial charge < -0.3 is 24.4 Å². The van der Waals surface area contributed by atoms with Crippen LogP contribution in [0.5, 0.6) is 5.75 Å². The summed E-state index contributed by atoms with van der Waals surface area (Å²) in [4.78, 5) is 30.7. The molecule has 3 heterocycles. The van der Waals surface area contributed by atoms with Crippen molar-refractivity contribution in [2.24, 2.45) is 0 Å². The highest BCUT2D eigenvalue weighted by molar-refractivity contribution is 6.03. The highest BCUT2D eigenvalue weighted by atomic mass is 16.5. The van der Waals surface area contributed by atoms with E-state index in [1.807, 2.05) is 72.6 Å². The first-order valence-corrected chi connectivity index (χ1v) is 11.7. The Bertz CT molecular complexity index is 1460. The Morgan fingerprint density at radius 3 is 2.57 bits per heavy atom. The lowest BCUT2D eigenvalue weighted by Crippen LogP contribution is -2.51. The third-order valence-corrected chi connectivity index (χ3v) is 7.08. The number of methoxy groups -OCH3 is 1. The number of ether oxygens (including phenoxy) is 1. The number of para-hydroxylation sites is 2. The maximum atomic E-state index is 13.4. The topological polar surface area (TPSA) is 66.8 Å². The number of aromatic nitrogens is 1. The molecule has 2 amide bonds. The van der Waals surface area contributed by atoms with E-state index in [0.717, 1.165) is 40.0 Å². The second-order valence-electron chi connectivity index (χ2n) is 8.99. The molecule has 1 aromatic heterocycles. The van der Waals surface area contributed by atoms with Crippen LogP contribution in [0.1, 0.15) is 27.8 Å². The smallest absolute Gasteiger partial charge is 0.257 e. The molecule has 2 aliphatic rings. The minimum atomic E-state index is -0.276. The lowest BCUT2D eigenvalue weighted by Gasteiger charge is -2.46. The zero-order chi connectivity index (χ0) is 24.1. The SMILES string of the molecule is COc1ccc(NC(=O)Cn2c3c(c4ccccc42)CCN2C(=O)c4ccccc4N(C)[C@@H]32)cc1. The fourth-order valence-electron chi connectivity index (χ4n) is 5.50. The summed E-state index contributed by atoms with van der Waals surface area (Å²) in [6, 6.07) is 23.2. The van der Waals surface area contributed by atoms with Gasteiger partial charge >= 0.3 is 0 Å². The number of carbonyl (C=O) groups is 2. The Balaban J connectivity index is 1.42. The second kappa shape index (κ2) is 8.20. The monoisotopic (exact) mass is 466 g/mol. The van der Waals surface area contributed by atoms with Crippen LogP contribution in [0.2, 0.25) is 0 Å². The molecule has 0 fully saturated rings. The predicted molar refractivity (Wildman–Crippen MR) is 136 cm³/mol. The highest BCUT2D eigenvalue weighted by Crippen LogP contribution is 2.44. The summed E-state index contributed by atoms with van der Waals surface area (Å²) < 4.78 is 7.29. The van der Waals surface area contributed by atoms with Crippen LogP contribution >= 0.6 is 0 Å². The molecule has 0 saturated carbocycles. The third kappa shape index (κ3) is 3.34. The lowest BCUT2D eigenvalue weighted by atomic mass is 9.96. The summed E-state index contributed by atoms with van der Waals surface area (Å²) >= 11 is 0. The molecule has 6 rings (SSSR count). The van der Waals surface area contributed by atoms with Gasteiger partial charge in [-0.25, -0.2) is 0 Å². The van der Waals surface area contributed by atoms with Gasteiger partial charge in [-0.05, 0) is 54.4 Å². The summed E-state index contributed by atoms with van der Waals surface area (Å²) in [7, 11) is 3.64. The fourth-order valence-corrected chi connectivity index (χ4v) is 5.50. The van der Waals surface area contributed by atoms with E-state index in [9.17, 15) is 9.59 Å². The molecule has 35 heavy (non-hydrogen) atoms. The Morgan fingerprint density at radius 1 is 1.03 bits per heavy atom. The summed E-state index contributed by atoms with van der Waals surface area (Å²) in [6.07, 6.45) is 0.476. The van der Waals surface area contributed by atoms with Gasteiger partial charge in [0.15, 0.2) is 0 Å². The number of hydrogen-bond donors (Lipinski definition) is 1. The van der Waals surface area contributed by atoms with E-state index in [0.29, 0.717) is 12.2 Å². The number of hydrogen-bond acceptors (Lipinski definition) is 4. The van der Waals surface area contributed by atoms with E-state index in [1.54, 1.807) is 7.11 Å². The van der Waals surface area contributed by atoms with Crippen LogP contribution < -0.4 is 15.0 Å². The van der Waals surface area contributed by atoms with Crippen LogP contribution in [0.4, 0.5) is 11.4 Å². The number of nitrogens with one attached hydrogen (secondary N) is 1. The predicted octanol–water partition coefficient (Wildman–Crippen LogP) is 4.44. The second-order valence-corrected chi connectivity index (χ2v) is 8.99. The van der Waals surface area contributed by atoms with Crippen molar-refractivity contribution in [2.45, 2.75) is 19.1 Å². The molecule has 0 bridgehead atoms. The molecular weight excluding hydrogens is 440 g/mol. The molecule has 0 aliphatic carbocycles. The lowest BCUT2D eigenvalue weighted by molar-refractivity contribution is -0.116. The normalized spacial score (nSPS) is 16.5. The third-order valence-electron chi connectivity index (χ3n) is 7.08. The molecule has 176 valence electrons. The molecular formula is C28H26N4O3. The molecule has 0 spiro atoms. The number of anilines is 2. The van der Waals surface area contributed by atoms with Crippen molar-refractivity contribution in [2.75, 3.05) is 30.9 Å². The van der Waals surface area contributed by atoms with Crippen molar-refractivity contribution < 1.29 is 14.3 Å². The van der Waals surface area contributed by atoms with E-state index < -0.39 is 0 Å². The molecule has 2 aliphatic heterocycles. The van der Waals surface area contributed by atoms with Crippen LogP contribution in [0.25, 0.3) is 10.9 Å². The summed E-state index contributed by atoms with van der Waals surface area (Å²) in [5, 5.41) is 4.14. The molecule has 0 radical (unpaired) electrons. The van der Waals surface area contributed by atoms with Gasteiger partial charge in [-0.15, -0.1) is 0 Å². The maximum Gasteiger partial charge on any atom is 0.257 e. The van der Waals surface area contributed by atoms with Gasteiger partial charge in [-0.3, -0.25) is 9.59 Å². The van der Waals surface area contributed by atoms with Crippen LogP contribution in [-0.4, -0.2) is 42.0 Å². The van der Waals surface area contributed by atoms with Crippen molar-refractivity contribution >= 4 is 34.1 Å². The molecule has 1 atom stereocenters. The van der Waals surface area contributed by atoms with Gasteiger partial charge in [0.1, 0.15) is 18.5 Å². The van der Waals surface area contributed by atoms with Gasteiger partial charge in [0.2, 0.25) is 5.91 Å². The van der Waals surface area contributed by atoms with Gasteiger partial charge in [0, 0.05) is 30.2 Å². The van der Waals surface area contributed by atoms with E-state index in [1.165, 1.54) is 5.56 Å². The molecule has 3 aromatic carbocycles. The highest BCUT2D eigenvalue weighted by Gasteiger charge is 2.42. The van der Waals surface area contributed by atoms with Gasteiger partial charge in [-0.2, -0.15) is 0 Å². The number of carbonyl (C=O) groups excluding carboxylic acids is 2. The Kier molecular flexibility index (Phi) is 4.99. The Labute approximate surface area is 203 Å². The number of fused-ring (bicyclic) bond motifs is 6. The maximum absolute atomic E-state index is 13.4. The van der Waals surface area contributed by atoms with Gasteiger partial charge in [0.25, 0.3) is 5.91 Å². The van der Waals surface area contributed by atoms with E-state index in [4.69, 9.17) is 4.74 Å². The minimum Gasteiger partial charge on any atom is -0.497 e. The Morgan fingerprint density at radius 2 is 1.77 bits per heavy atom. The van der Waals surface area contributed by atoms with Crippen molar-refractivity contribution in [1.82, 2.24) is 9.47 Å². The minimum absolute atomic E-state index is 0.0360. The van der Waals surface area contributed by atoms with Crippen LogP contribution in [0.3, 0.4) is 0 Å². The summed E-state index contributed by atoms with van der Waals surface area (Å²) in [6.45, 7) is 0.789. The Hall–Kier alpha value is -4.26. The zero-order valence-electron chi connectivity index (χ0n) is 19.7. The van der Waals surface area contributed by atoms with E-state index in [2.05, 4.69) is 26.9 Å². The van der Waals surface area contributed by atoms with Crippen molar-refractivity contribution in [3.05, 3.63) is 89.6 Å². The van der Waals surface area contributed by atoms with Crippen LogP contribution in [0, 0.1) is 0 Å². The number of benzene rings is 3. The van der Waals surface area contributed by atoms with Crippen molar-refractivity contribution in [3.8, 4) is 5.75 Å². The molecule has 7 heteroatoms. The molecule has 0 unspecified atom stereocenters. The number of amides is 2. The fraction of sp³-hybridized carbons (Fsp3) is 0.214. The van der Waals surface area contributed by atoms with Crippen LogP contribution in [-0.2, 0) is 17.8 Å². The first-order chi connectivity index (χ1) is 17.1. The van der Waals surface area contributed by atoms with E-state index in [-0.39, 0.29) is 24.5 Å². The van der Waals surface area contributed by atoms with E-state index >= 15 is 0 Å². The first-order valence-electron chi connectivity index (χ1n) is 11.7. The first kappa shape index (κ1) is 21.3. The van der Waals surface area contributed by atoms with Gasteiger partial charge in [-0.1, -0.05) is 30.3 Å². The molecule has 4 aromatic rings. The van der Waals surface area contributed by atoms with Gasteiger partial charge in [0.05, 0.1) is 24.1 Å². The van der Waals surface area contributed by atoms with Crippen molar-refractivity contribution in [3.63, 3.8) is 0 Å². The standard InChI is InChI=1S/C28H26N4O3/c1-30-23-9-5-4-8-22(23)28(34)31-16-15-21-20-7-3-6-10-24(20)32(26(21)27(30)31)17-25(33)29-18-11-13-19(35-2)14-12-18/h3-14,27H,15-17H2,1-2H3,(H,29,33)/t27-/m1/s1. The average Bonchev–Trinajstić information content (AvgIpc) is 3.21. The number of rotatable bonds is 4. The average molecular weight is 467 g/mol. The zero-order valence-corrected chi connectivity index (χ0v) is 19.7. The summed E-state index contributed by atoms with van der Waals surface area (Å²) in [5.74, 6) is 0.647. The molecule has 1 N–H and O–H groups in total. The summed E-state index contributed by atoms with van der Waals surface area (Å²) in [5.41, 5.74) is 5.55. The number of nitrogens with zero attached hydrogens (tertiary/aromatic N) is 3. The largest absolute Gasteiger partial charge is 0.497 e.